The largest absolute Gasteiger partial charge is 0.299 e. The van der Waals surface area contributed by atoms with Gasteiger partial charge in [0.05, 0.1) is 12.5 Å². The fourth-order valence-electron chi connectivity index (χ4n) is 2.95. The molecule has 1 fully saturated rings. The van der Waals surface area contributed by atoms with E-state index in [4.69, 9.17) is 5.26 Å². The summed E-state index contributed by atoms with van der Waals surface area (Å²) in [5.41, 5.74) is 1.23. The Labute approximate surface area is 116 Å². The molecule has 0 aliphatic heterocycles. The van der Waals surface area contributed by atoms with Crippen molar-refractivity contribution in [2.75, 3.05) is 0 Å². The molecular formula is C15H16BrNO. The number of benzene rings is 1. The first-order valence-corrected chi connectivity index (χ1v) is 7.10. The first-order chi connectivity index (χ1) is 8.66. The number of halogens is 1. The van der Waals surface area contributed by atoms with Crippen LogP contribution in [0, 0.1) is 11.3 Å². The Kier molecular flexibility index (Phi) is 4.19. The van der Waals surface area contributed by atoms with Gasteiger partial charge in [-0.15, -0.1) is 0 Å². The van der Waals surface area contributed by atoms with Crippen molar-refractivity contribution < 1.29 is 4.79 Å². The molecule has 18 heavy (non-hydrogen) atoms. The van der Waals surface area contributed by atoms with Gasteiger partial charge < -0.3 is 0 Å². The second-order valence-corrected chi connectivity index (χ2v) is 5.96. The average Bonchev–Trinajstić information content (AvgIpc) is 2.79. The van der Waals surface area contributed by atoms with Crippen LogP contribution in [0.3, 0.4) is 0 Å². The predicted molar refractivity (Wildman–Crippen MR) is 74.1 cm³/mol. The number of carbonyl (C=O) groups excluding carboxylic acids is 1. The standard InChI is InChI=1S/C15H16BrNO/c16-13-5-3-12(4-6-13)15(8-1-2-9-15)11-14(18)7-10-17/h3-6H,1-2,7-9,11H2. The Balaban J connectivity index is 2.24. The number of carbonyl (C=O) groups is 1. The number of rotatable bonds is 4. The molecule has 2 nitrogen and oxygen atoms in total. The summed E-state index contributed by atoms with van der Waals surface area (Å²) in [7, 11) is 0. The van der Waals surface area contributed by atoms with Crippen molar-refractivity contribution in [2.45, 2.75) is 43.9 Å². The van der Waals surface area contributed by atoms with E-state index in [1.807, 2.05) is 18.2 Å². The second-order valence-electron chi connectivity index (χ2n) is 5.04. The van der Waals surface area contributed by atoms with E-state index in [1.165, 1.54) is 18.4 Å². The first kappa shape index (κ1) is 13.3. The Morgan fingerprint density at radius 3 is 2.44 bits per heavy atom. The van der Waals surface area contributed by atoms with Crippen LogP contribution in [-0.4, -0.2) is 5.78 Å². The lowest BCUT2D eigenvalue weighted by Gasteiger charge is -2.28. The number of hydrogen-bond acceptors (Lipinski definition) is 2. The average molecular weight is 306 g/mol. The van der Waals surface area contributed by atoms with Gasteiger partial charge in [0.25, 0.3) is 0 Å². The van der Waals surface area contributed by atoms with E-state index >= 15 is 0 Å². The molecule has 0 N–H and O–H groups in total. The van der Waals surface area contributed by atoms with Gasteiger partial charge in [-0.3, -0.25) is 4.79 Å². The molecular weight excluding hydrogens is 290 g/mol. The van der Waals surface area contributed by atoms with Gasteiger partial charge in [0, 0.05) is 16.3 Å². The van der Waals surface area contributed by atoms with E-state index in [0.717, 1.165) is 17.3 Å². The summed E-state index contributed by atoms with van der Waals surface area (Å²) in [6, 6.07) is 10.2. The molecule has 0 radical (unpaired) electrons. The molecule has 1 aliphatic rings. The Hall–Kier alpha value is -1.14. The van der Waals surface area contributed by atoms with Gasteiger partial charge in [0.2, 0.25) is 0 Å². The van der Waals surface area contributed by atoms with Crippen LogP contribution in [0.1, 0.15) is 44.1 Å². The molecule has 1 aliphatic carbocycles. The molecule has 1 aromatic rings. The SMILES string of the molecule is N#CCC(=O)CC1(c2ccc(Br)cc2)CCCC1. The molecule has 2 rings (SSSR count). The number of ketones is 1. The van der Waals surface area contributed by atoms with Crippen LogP contribution in [0.4, 0.5) is 0 Å². The zero-order valence-electron chi connectivity index (χ0n) is 10.3. The van der Waals surface area contributed by atoms with Gasteiger partial charge >= 0.3 is 0 Å². The topological polar surface area (TPSA) is 40.9 Å². The third-order valence-electron chi connectivity index (χ3n) is 3.83. The number of hydrogen-bond donors (Lipinski definition) is 0. The van der Waals surface area contributed by atoms with Gasteiger partial charge in [-0.1, -0.05) is 40.9 Å². The van der Waals surface area contributed by atoms with Crippen LogP contribution in [0.25, 0.3) is 0 Å². The quantitative estimate of drug-likeness (QED) is 0.839. The number of nitriles is 1. The molecule has 0 bridgehead atoms. The molecule has 0 heterocycles. The molecule has 0 saturated heterocycles. The van der Waals surface area contributed by atoms with Crippen molar-refractivity contribution in [2.24, 2.45) is 0 Å². The fraction of sp³-hybridized carbons (Fsp3) is 0.467. The van der Waals surface area contributed by atoms with Crippen molar-refractivity contribution in [3.63, 3.8) is 0 Å². The summed E-state index contributed by atoms with van der Waals surface area (Å²) in [6.45, 7) is 0. The molecule has 1 saturated carbocycles. The normalized spacial score (nSPS) is 17.3. The van der Waals surface area contributed by atoms with Crippen LogP contribution in [-0.2, 0) is 10.2 Å². The van der Waals surface area contributed by atoms with Crippen molar-refractivity contribution >= 4 is 21.7 Å². The van der Waals surface area contributed by atoms with E-state index in [1.54, 1.807) is 0 Å². The minimum Gasteiger partial charge on any atom is -0.299 e. The van der Waals surface area contributed by atoms with Crippen LogP contribution in [0.15, 0.2) is 28.7 Å². The minimum atomic E-state index is -0.0192. The van der Waals surface area contributed by atoms with Crippen LogP contribution < -0.4 is 0 Å². The maximum absolute atomic E-state index is 11.8. The molecule has 0 spiro atoms. The molecule has 0 atom stereocenters. The fourth-order valence-corrected chi connectivity index (χ4v) is 3.22. The van der Waals surface area contributed by atoms with E-state index in [9.17, 15) is 4.79 Å². The van der Waals surface area contributed by atoms with Gasteiger partial charge in [-0.25, -0.2) is 0 Å². The summed E-state index contributed by atoms with van der Waals surface area (Å²) < 4.78 is 1.06. The number of nitrogens with zero attached hydrogens (tertiary/aromatic N) is 1. The monoisotopic (exact) mass is 305 g/mol. The predicted octanol–water partition coefficient (Wildman–Crippen LogP) is 4.13. The molecule has 3 heteroatoms. The smallest absolute Gasteiger partial charge is 0.147 e. The Morgan fingerprint density at radius 2 is 1.89 bits per heavy atom. The summed E-state index contributed by atoms with van der Waals surface area (Å²) in [5.74, 6) is 0.0716. The lowest BCUT2D eigenvalue weighted by Crippen LogP contribution is -2.25. The minimum absolute atomic E-state index is 0.0192. The number of Topliss-reactive ketones (excluding diaryl/α,β-unsaturated/α-hetero) is 1. The van der Waals surface area contributed by atoms with Crippen molar-refractivity contribution in [3.05, 3.63) is 34.3 Å². The van der Waals surface area contributed by atoms with Gasteiger partial charge in [0.15, 0.2) is 0 Å². The lowest BCUT2D eigenvalue weighted by molar-refractivity contribution is -0.119. The van der Waals surface area contributed by atoms with Gasteiger partial charge in [-0.05, 0) is 30.5 Å². The second kappa shape index (κ2) is 5.67. The summed E-state index contributed by atoms with van der Waals surface area (Å²) in [6.07, 6.45) is 5.03. The van der Waals surface area contributed by atoms with E-state index in [2.05, 4.69) is 28.1 Å². The molecule has 94 valence electrons. The molecule has 1 aromatic carbocycles. The Bertz CT molecular complexity index is 466. The van der Waals surface area contributed by atoms with E-state index in [-0.39, 0.29) is 17.6 Å². The maximum atomic E-state index is 11.8. The summed E-state index contributed by atoms with van der Waals surface area (Å²) in [4.78, 5) is 11.8. The molecule has 0 aromatic heterocycles. The van der Waals surface area contributed by atoms with Crippen LogP contribution >= 0.6 is 15.9 Å². The zero-order valence-corrected chi connectivity index (χ0v) is 11.9. The highest BCUT2D eigenvalue weighted by molar-refractivity contribution is 9.10. The van der Waals surface area contributed by atoms with Crippen molar-refractivity contribution in [1.82, 2.24) is 0 Å². The third-order valence-corrected chi connectivity index (χ3v) is 4.36. The lowest BCUT2D eigenvalue weighted by atomic mass is 9.75. The summed E-state index contributed by atoms with van der Waals surface area (Å²) >= 11 is 3.44. The van der Waals surface area contributed by atoms with Crippen molar-refractivity contribution in [3.8, 4) is 6.07 Å². The highest BCUT2D eigenvalue weighted by Crippen LogP contribution is 2.44. The third kappa shape index (κ3) is 2.81. The van der Waals surface area contributed by atoms with Crippen LogP contribution in [0.5, 0.6) is 0 Å². The van der Waals surface area contributed by atoms with Crippen LogP contribution in [0.2, 0.25) is 0 Å². The Morgan fingerprint density at radius 1 is 1.28 bits per heavy atom. The molecule has 0 amide bonds. The maximum Gasteiger partial charge on any atom is 0.147 e. The zero-order chi connectivity index (χ0) is 13.0. The summed E-state index contributed by atoms with van der Waals surface area (Å²) in [5, 5.41) is 8.62. The first-order valence-electron chi connectivity index (χ1n) is 6.31. The highest BCUT2D eigenvalue weighted by Gasteiger charge is 2.37. The van der Waals surface area contributed by atoms with Crippen molar-refractivity contribution in [1.29, 1.82) is 5.26 Å². The van der Waals surface area contributed by atoms with E-state index < -0.39 is 0 Å². The van der Waals surface area contributed by atoms with E-state index in [0.29, 0.717) is 6.42 Å². The van der Waals surface area contributed by atoms with Gasteiger partial charge in [-0.2, -0.15) is 5.26 Å². The highest BCUT2D eigenvalue weighted by atomic mass is 79.9. The van der Waals surface area contributed by atoms with Gasteiger partial charge in [0.1, 0.15) is 5.78 Å². The molecule has 0 unspecified atom stereocenters.